The molecule has 1 aliphatic rings. The minimum atomic E-state index is -1.48. The van der Waals surface area contributed by atoms with Crippen molar-refractivity contribution in [3.05, 3.63) is 41.3 Å². The molecule has 2 aromatic rings. The summed E-state index contributed by atoms with van der Waals surface area (Å²) in [4.78, 5) is 58.7. The van der Waals surface area contributed by atoms with Crippen LogP contribution < -0.4 is 4.74 Å². The van der Waals surface area contributed by atoms with Gasteiger partial charge in [-0.1, -0.05) is 24.3 Å². The molecule has 1 aliphatic heterocycles. The molecule has 2 aromatic carbocycles. The summed E-state index contributed by atoms with van der Waals surface area (Å²) in [7, 11) is 0. The predicted molar refractivity (Wildman–Crippen MR) is 122 cm³/mol. The third-order valence-electron chi connectivity index (χ3n) is 5.12. The highest BCUT2D eigenvalue weighted by atomic mass is 16.7. The van der Waals surface area contributed by atoms with Crippen molar-refractivity contribution in [2.75, 3.05) is 6.61 Å². The Bertz CT molecular complexity index is 1160. The summed E-state index contributed by atoms with van der Waals surface area (Å²) in [6.07, 6.45) is -6.83. The number of nitrogens with zero attached hydrogens (tertiary/aromatic N) is 1. The van der Waals surface area contributed by atoms with Crippen LogP contribution in [0.3, 0.4) is 0 Å². The highest BCUT2D eigenvalue weighted by Crippen LogP contribution is 2.37. The molecule has 0 spiro atoms. The van der Waals surface area contributed by atoms with Crippen molar-refractivity contribution in [2.24, 2.45) is 5.18 Å². The van der Waals surface area contributed by atoms with Crippen LogP contribution in [0.15, 0.2) is 41.6 Å². The second kappa shape index (κ2) is 11.6. The summed E-state index contributed by atoms with van der Waals surface area (Å²) >= 11 is 0. The van der Waals surface area contributed by atoms with Crippen molar-refractivity contribution in [2.45, 2.75) is 58.4 Å². The zero-order chi connectivity index (χ0) is 26.4. The molecule has 0 amide bonds. The lowest BCUT2D eigenvalue weighted by Crippen LogP contribution is -2.63. The van der Waals surface area contributed by atoms with Crippen LogP contribution in [-0.2, 0) is 42.9 Å². The summed E-state index contributed by atoms with van der Waals surface area (Å²) < 4.78 is 32.9. The SMILES string of the molecule is CC(=O)OCC1OC(Oc2cc3ccccc3cc2N=O)C(OC(C)=O)C(OC(C)=O)C1OC(C)=O. The monoisotopic (exact) mass is 503 g/mol. The first-order valence-corrected chi connectivity index (χ1v) is 10.9. The van der Waals surface area contributed by atoms with E-state index in [2.05, 4.69) is 5.18 Å². The van der Waals surface area contributed by atoms with Crippen LogP contribution in [0.2, 0.25) is 0 Å². The number of hydrogen-bond donors (Lipinski definition) is 0. The first kappa shape index (κ1) is 26.5. The summed E-state index contributed by atoms with van der Waals surface area (Å²) in [6, 6.07) is 10.2. The molecule has 0 bridgehead atoms. The predicted octanol–water partition coefficient (Wildman–Crippen LogP) is 2.70. The Hall–Kier alpha value is -4.06. The van der Waals surface area contributed by atoms with Crippen molar-refractivity contribution in [1.29, 1.82) is 0 Å². The third-order valence-corrected chi connectivity index (χ3v) is 5.12. The van der Waals surface area contributed by atoms with E-state index >= 15 is 0 Å². The van der Waals surface area contributed by atoms with Gasteiger partial charge in [0.2, 0.25) is 12.4 Å². The number of hydrogen-bond acceptors (Lipinski definition) is 12. The van der Waals surface area contributed by atoms with Crippen molar-refractivity contribution >= 4 is 40.3 Å². The van der Waals surface area contributed by atoms with Gasteiger partial charge >= 0.3 is 23.9 Å². The van der Waals surface area contributed by atoms with Gasteiger partial charge in [-0.25, -0.2) is 0 Å². The molecule has 5 atom stereocenters. The minimum absolute atomic E-state index is 0.00963. The van der Waals surface area contributed by atoms with Gasteiger partial charge in [-0.15, -0.1) is 4.91 Å². The standard InChI is InChI=1S/C24H25NO11/c1-12(26)31-11-20-21(32-13(2)27)22(33-14(3)28)23(34-15(4)29)24(36-20)35-19-10-17-8-6-5-7-16(17)9-18(19)25-30/h5-10,20-24H,11H2,1-4H3. The number of nitroso groups, excluding NO2 is 1. The number of carbonyl (C=O) groups is 4. The van der Waals surface area contributed by atoms with Crippen LogP contribution in [0, 0.1) is 4.91 Å². The van der Waals surface area contributed by atoms with Gasteiger partial charge in [0, 0.05) is 27.7 Å². The minimum Gasteiger partial charge on any atom is -0.463 e. The van der Waals surface area contributed by atoms with Crippen molar-refractivity contribution in [3.8, 4) is 5.75 Å². The highest BCUT2D eigenvalue weighted by molar-refractivity contribution is 5.88. The van der Waals surface area contributed by atoms with Gasteiger partial charge in [-0.3, -0.25) is 19.2 Å². The van der Waals surface area contributed by atoms with E-state index in [-0.39, 0.29) is 11.4 Å². The van der Waals surface area contributed by atoms with Crippen LogP contribution in [0.5, 0.6) is 5.75 Å². The Morgan fingerprint density at radius 3 is 1.92 bits per heavy atom. The highest BCUT2D eigenvalue weighted by Gasteiger charge is 2.53. The quantitative estimate of drug-likeness (QED) is 0.297. The van der Waals surface area contributed by atoms with Gasteiger partial charge in [0.25, 0.3) is 0 Å². The molecule has 36 heavy (non-hydrogen) atoms. The molecule has 12 heteroatoms. The topological polar surface area (TPSA) is 153 Å². The molecule has 1 fully saturated rings. The second-order valence-electron chi connectivity index (χ2n) is 7.94. The largest absolute Gasteiger partial charge is 0.463 e. The van der Waals surface area contributed by atoms with Crippen molar-refractivity contribution in [1.82, 2.24) is 0 Å². The molecule has 0 saturated carbocycles. The molecule has 1 saturated heterocycles. The van der Waals surface area contributed by atoms with E-state index < -0.39 is 61.2 Å². The van der Waals surface area contributed by atoms with E-state index in [1.807, 2.05) is 0 Å². The molecular formula is C24H25NO11. The molecule has 1 heterocycles. The van der Waals surface area contributed by atoms with Crippen LogP contribution >= 0.6 is 0 Å². The van der Waals surface area contributed by atoms with E-state index in [0.717, 1.165) is 26.2 Å². The molecule has 0 aromatic heterocycles. The lowest BCUT2D eigenvalue weighted by Gasteiger charge is -2.43. The van der Waals surface area contributed by atoms with Gasteiger partial charge in [0.1, 0.15) is 12.7 Å². The second-order valence-corrected chi connectivity index (χ2v) is 7.94. The Morgan fingerprint density at radius 2 is 1.36 bits per heavy atom. The fraction of sp³-hybridized carbons (Fsp3) is 0.417. The van der Waals surface area contributed by atoms with Crippen molar-refractivity contribution < 1.29 is 47.6 Å². The molecular weight excluding hydrogens is 478 g/mol. The number of carbonyl (C=O) groups excluding carboxylic acids is 4. The normalized spacial score (nSPS) is 23.3. The van der Waals surface area contributed by atoms with E-state index in [0.29, 0.717) is 5.39 Å². The smallest absolute Gasteiger partial charge is 0.303 e. The number of rotatable bonds is 8. The number of fused-ring (bicyclic) bond motifs is 1. The lowest BCUT2D eigenvalue weighted by atomic mass is 9.98. The molecule has 0 radical (unpaired) electrons. The van der Waals surface area contributed by atoms with Crippen LogP contribution in [-0.4, -0.2) is 61.2 Å². The van der Waals surface area contributed by atoms with E-state index in [1.54, 1.807) is 30.3 Å². The van der Waals surface area contributed by atoms with Crippen LogP contribution in [0.25, 0.3) is 10.8 Å². The zero-order valence-corrected chi connectivity index (χ0v) is 20.0. The molecule has 192 valence electrons. The molecule has 12 nitrogen and oxygen atoms in total. The summed E-state index contributed by atoms with van der Waals surface area (Å²) in [5, 5.41) is 4.45. The molecule has 3 rings (SSSR count). The third kappa shape index (κ3) is 6.54. The Kier molecular flexibility index (Phi) is 8.54. The fourth-order valence-electron chi connectivity index (χ4n) is 3.78. The number of ether oxygens (including phenoxy) is 6. The van der Waals surface area contributed by atoms with E-state index in [1.165, 1.54) is 13.0 Å². The average Bonchev–Trinajstić information content (AvgIpc) is 2.80. The fourth-order valence-corrected chi connectivity index (χ4v) is 3.78. The van der Waals surface area contributed by atoms with Crippen LogP contribution in [0.1, 0.15) is 27.7 Å². The maximum absolute atomic E-state index is 11.9. The molecule has 0 N–H and O–H groups in total. The average molecular weight is 503 g/mol. The summed E-state index contributed by atoms with van der Waals surface area (Å²) in [5.41, 5.74) is -0.0680. The van der Waals surface area contributed by atoms with Gasteiger partial charge < -0.3 is 28.4 Å². The number of benzene rings is 2. The summed E-state index contributed by atoms with van der Waals surface area (Å²) in [5.74, 6) is -2.96. The maximum atomic E-state index is 11.9. The van der Waals surface area contributed by atoms with Crippen molar-refractivity contribution in [3.63, 3.8) is 0 Å². The Balaban J connectivity index is 2.06. The Labute approximate surface area is 205 Å². The number of esters is 4. The maximum Gasteiger partial charge on any atom is 0.303 e. The van der Waals surface area contributed by atoms with E-state index in [4.69, 9.17) is 28.4 Å². The first-order chi connectivity index (χ1) is 17.1. The molecule has 5 unspecified atom stereocenters. The molecule has 0 aliphatic carbocycles. The first-order valence-electron chi connectivity index (χ1n) is 10.9. The van der Waals surface area contributed by atoms with E-state index in [9.17, 15) is 24.1 Å². The lowest BCUT2D eigenvalue weighted by molar-refractivity contribution is -0.288. The van der Waals surface area contributed by atoms with Gasteiger partial charge in [0.05, 0.1) is 0 Å². The van der Waals surface area contributed by atoms with Gasteiger partial charge in [-0.05, 0) is 28.1 Å². The van der Waals surface area contributed by atoms with Gasteiger partial charge in [0.15, 0.2) is 23.6 Å². The zero-order valence-electron chi connectivity index (χ0n) is 20.0. The van der Waals surface area contributed by atoms with Gasteiger partial charge in [-0.2, -0.15) is 0 Å². The summed E-state index contributed by atoms with van der Waals surface area (Å²) in [6.45, 7) is 4.10. The van der Waals surface area contributed by atoms with Crippen LogP contribution in [0.4, 0.5) is 5.69 Å². The Morgan fingerprint density at radius 1 is 0.806 bits per heavy atom.